The highest BCUT2D eigenvalue weighted by Gasteiger charge is 2.12. The third kappa shape index (κ3) is 3.96. The molecule has 5 nitrogen and oxygen atoms in total. The van der Waals surface area contributed by atoms with Gasteiger partial charge in [0, 0.05) is 10.6 Å². The van der Waals surface area contributed by atoms with E-state index in [4.69, 9.17) is 34.8 Å². The number of carbonyl (C=O) groups is 1. The van der Waals surface area contributed by atoms with Crippen LogP contribution in [0.1, 0.15) is 16.1 Å². The fraction of sp³-hybridized carbons (Fsp3) is 0. The van der Waals surface area contributed by atoms with E-state index in [9.17, 15) is 4.79 Å². The molecular formula is C15H9Cl3N4OS. The number of carbonyl (C=O) groups excluding carboxylic acids is 1. The predicted octanol–water partition coefficient (Wildman–Crippen LogP) is 4.86. The zero-order valence-electron chi connectivity index (χ0n) is 11.9. The van der Waals surface area contributed by atoms with Crippen LogP contribution in [0.5, 0.6) is 0 Å². The molecular weight excluding hydrogens is 391 g/mol. The number of nitrogens with zero attached hydrogens (tertiary/aromatic N) is 2. The Morgan fingerprint density at radius 2 is 2.04 bits per heavy atom. The number of aromatic nitrogens is 2. The molecule has 3 aromatic rings. The summed E-state index contributed by atoms with van der Waals surface area (Å²) in [5, 5.41) is 11.6. The number of benzene rings is 1. The lowest BCUT2D eigenvalue weighted by Crippen LogP contribution is -2.18. The highest BCUT2D eigenvalue weighted by Crippen LogP contribution is 2.29. The van der Waals surface area contributed by atoms with Crippen molar-refractivity contribution in [1.29, 1.82) is 0 Å². The summed E-state index contributed by atoms with van der Waals surface area (Å²) in [4.78, 5) is 12.9. The summed E-state index contributed by atoms with van der Waals surface area (Å²) in [7, 11) is 0. The minimum absolute atomic E-state index is 0.217. The molecule has 0 aliphatic rings. The van der Waals surface area contributed by atoms with Crippen molar-refractivity contribution in [1.82, 2.24) is 15.6 Å². The monoisotopic (exact) mass is 398 g/mol. The van der Waals surface area contributed by atoms with Crippen molar-refractivity contribution in [3.05, 3.63) is 62.0 Å². The van der Waals surface area contributed by atoms with E-state index in [0.717, 1.165) is 4.88 Å². The standard InChI is InChI=1S/C15H9Cl3N4OS/c16-9-2-1-8(10(17)5-9)7-19-22-15(23)12-6-11(20-21-12)13-3-4-14(18)24-13/h1-7H,(H,20,21)(H,22,23)/b19-7+. The zero-order chi connectivity index (χ0) is 17.1. The molecule has 1 aromatic carbocycles. The molecule has 24 heavy (non-hydrogen) atoms. The van der Waals surface area contributed by atoms with Gasteiger partial charge >= 0.3 is 0 Å². The first kappa shape index (κ1) is 17.0. The average molecular weight is 400 g/mol. The van der Waals surface area contributed by atoms with Crippen molar-refractivity contribution in [2.75, 3.05) is 0 Å². The summed E-state index contributed by atoms with van der Waals surface area (Å²) in [6.45, 7) is 0. The van der Waals surface area contributed by atoms with Crippen LogP contribution in [0.2, 0.25) is 14.4 Å². The number of H-pyrrole nitrogens is 1. The first-order valence-corrected chi connectivity index (χ1v) is 8.57. The molecule has 2 aromatic heterocycles. The minimum atomic E-state index is -0.443. The van der Waals surface area contributed by atoms with Crippen LogP contribution in [-0.2, 0) is 0 Å². The number of aromatic amines is 1. The fourth-order valence-corrected chi connectivity index (χ4v) is 3.31. The van der Waals surface area contributed by atoms with Gasteiger partial charge in [0.15, 0.2) is 5.69 Å². The molecule has 122 valence electrons. The highest BCUT2D eigenvalue weighted by atomic mass is 35.5. The molecule has 2 N–H and O–H groups in total. The van der Waals surface area contributed by atoms with E-state index >= 15 is 0 Å². The second-order valence-corrected chi connectivity index (χ2v) is 7.19. The number of hydrogen-bond donors (Lipinski definition) is 2. The summed E-state index contributed by atoms with van der Waals surface area (Å²) < 4.78 is 0.662. The molecule has 0 unspecified atom stereocenters. The Morgan fingerprint density at radius 3 is 2.75 bits per heavy atom. The summed E-state index contributed by atoms with van der Waals surface area (Å²) in [6.07, 6.45) is 1.43. The van der Waals surface area contributed by atoms with Crippen LogP contribution in [0.15, 0.2) is 41.5 Å². The second kappa shape index (κ2) is 7.36. The largest absolute Gasteiger partial charge is 0.291 e. The quantitative estimate of drug-likeness (QED) is 0.486. The molecule has 3 rings (SSSR count). The van der Waals surface area contributed by atoms with E-state index in [1.165, 1.54) is 17.6 Å². The van der Waals surface area contributed by atoms with Crippen LogP contribution in [-0.4, -0.2) is 22.3 Å². The van der Waals surface area contributed by atoms with Crippen molar-refractivity contribution >= 4 is 58.3 Å². The van der Waals surface area contributed by atoms with Gasteiger partial charge in [-0.2, -0.15) is 10.2 Å². The van der Waals surface area contributed by atoms with E-state index < -0.39 is 5.91 Å². The molecule has 0 bridgehead atoms. The number of halogens is 3. The van der Waals surface area contributed by atoms with E-state index in [-0.39, 0.29) is 5.69 Å². The molecule has 0 radical (unpaired) electrons. The van der Waals surface area contributed by atoms with Crippen molar-refractivity contribution in [2.45, 2.75) is 0 Å². The fourth-order valence-electron chi connectivity index (χ4n) is 1.85. The van der Waals surface area contributed by atoms with Gasteiger partial charge in [-0.1, -0.05) is 40.9 Å². The van der Waals surface area contributed by atoms with Crippen molar-refractivity contribution < 1.29 is 4.79 Å². The first-order chi connectivity index (χ1) is 11.5. The van der Waals surface area contributed by atoms with Gasteiger partial charge in [-0.15, -0.1) is 11.3 Å². The second-order valence-electron chi connectivity index (χ2n) is 4.64. The Kier molecular flexibility index (Phi) is 5.20. The molecule has 2 heterocycles. The maximum atomic E-state index is 12.0. The van der Waals surface area contributed by atoms with Gasteiger partial charge in [-0.05, 0) is 30.3 Å². The normalized spacial score (nSPS) is 11.1. The van der Waals surface area contributed by atoms with Crippen LogP contribution in [0.25, 0.3) is 10.6 Å². The molecule has 0 saturated carbocycles. The van der Waals surface area contributed by atoms with Gasteiger partial charge in [0.2, 0.25) is 0 Å². The van der Waals surface area contributed by atoms with Crippen LogP contribution in [0.3, 0.4) is 0 Å². The number of rotatable bonds is 4. The van der Waals surface area contributed by atoms with Gasteiger partial charge in [0.1, 0.15) is 0 Å². The van der Waals surface area contributed by atoms with Crippen LogP contribution < -0.4 is 5.43 Å². The number of nitrogens with one attached hydrogen (secondary N) is 2. The lowest BCUT2D eigenvalue weighted by molar-refractivity contribution is 0.0950. The Bertz CT molecular complexity index is 919. The molecule has 1 amide bonds. The highest BCUT2D eigenvalue weighted by molar-refractivity contribution is 7.19. The van der Waals surface area contributed by atoms with E-state index in [2.05, 4.69) is 20.7 Å². The lowest BCUT2D eigenvalue weighted by Gasteiger charge is -1.98. The Morgan fingerprint density at radius 1 is 1.21 bits per heavy atom. The summed E-state index contributed by atoms with van der Waals surface area (Å²) in [5.41, 5.74) is 3.96. The average Bonchev–Trinajstić information content (AvgIpc) is 3.18. The molecule has 0 fully saturated rings. The van der Waals surface area contributed by atoms with Gasteiger partial charge in [0.05, 0.1) is 26.1 Å². The topological polar surface area (TPSA) is 70.1 Å². The summed E-state index contributed by atoms with van der Waals surface area (Å²) >= 11 is 19.1. The molecule has 0 aliphatic heterocycles. The van der Waals surface area contributed by atoms with Crippen LogP contribution in [0, 0.1) is 0 Å². The van der Waals surface area contributed by atoms with E-state index in [1.54, 1.807) is 30.3 Å². The Labute approximate surface area is 156 Å². The molecule has 0 saturated heterocycles. The smallest absolute Gasteiger partial charge is 0.276 e. The van der Waals surface area contributed by atoms with Gasteiger partial charge in [-0.3, -0.25) is 9.89 Å². The number of amides is 1. The van der Waals surface area contributed by atoms with E-state index in [1.807, 2.05) is 6.07 Å². The first-order valence-electron chi connectivity index (χ1n) is 6.62. The Hall–Kier alpha value is -1.86. The maximum Gasteiger partial charge on any atom is 0.291 e. The molecule has 0 aliphatic carbocycles. The predicted molar refractivity (Wildman–Crippen MR) is 98.4 cm³/mol. The van der Waals surface area contributed by atoms with Crippen molar-refractivity contribution in [3.63, 3.8) is 0 Å². The maximum absolute atomic E-state index is 12.0. The molecule has 0 spiro atoms. The van der Waals surface area contributed by atoms with Crippen LogP contribution >= 0.6 is 46.1 Å². The molecule has 0 atom stereocenters. The third-order valence-corrected chi connectivity index (χ3v) is 4.81. The SMILES string of the molecule is O=C(N/N=C/c1ccc(Cl)cc1Cl)c1cc(-c2ccc(Cl)s2)[nH]n1. The summed E-state index contributed by atoms with van der Waals surface area (Å²) in [5.74, 6) is -0.443. The third-order valence-electron chi connectivity index (χ3n) is 2.98. The summed E-state index contributed by atoms with van der Waals surface area (Å²) in [6, 6.07) is 10.2. The van der Waals surface area contributed by atoms with Crippen molar-refractivity contribution in [3.8, 4) is 10.6 Å². The van der Waals surface area contributed by atoms with Gasteiger partial charge in [-0.25, -0.2) is 5.43 Å². The zero-order valence-corrected chi connectivity index (χ0v) is 15.0. The van der Waals surface area contributed by atoms with Gasteiger partial charge in [0.25, 0.3) is 5.91 Å². The van der Waals surface area contributed by atoms with Crippen molar-refractivity contribution in [2.24, 2.45) is 5.10 Å². The number of hydrogen-bond acceptors (Lipinski definition) is 4. The Balaban J connectivity index is 1.67. The number of thiophene rings is 1. The minimum Gasteiger partial charge on any atom is -0.276 e. The lowest BCUT2D eigenvalue weighted by atomic mass is 10.2. The van der Waals surface area contributed by atoms with E-state index in [0.29, 0.717) is 25.6 Å². The number of hydrazone groups is 1. The van der Waals surface area contributed by atoms with Crippen LogP contribution in [0.4, 0.5) is 0 Å². The van der Waals surface area contributed by atoms with Gasteiger partial charge < -0.3 is 0 Å². The molecule has 9 heteroatoms.